The first-order valence-electron chi connectivity index (χ1n) is 7.52. The highest BCUT2D eigenvalue weighted by Crippen LogP contribution is 2.32. The molecule has 0 aliphatic rings. The van der Waals surface area contributed by atoms with Gasteiger partial charge >= 0.3 is 6.18 Å². The zero-order chi connectivity index (χ0) is 18.7. The summed E-state index contributed by atoms with van der Waals surface area (Å²) in [5.74, 6) is 0.134. The standard InChI is InChI=1S/C18H14F3N3O2/c1-26-14-8-12(7-13(25)9-14)22-16-10-15(18(19,20)21)23-17(24-16)11-5-3-2-4-6-11/h2-10,25H,1H3,(H,22,23,24). The lowest BCUT2D eigenvalue weighted by Gasteiger charge is -2.13. The molecule has 1 aromatic heterocycles. The van der Waals surface area contributed by atoms with E-state index in [2.05, 4.69) is 15.3 Å². The summed E-state index contributed by atoms with van der Waals surface area (Å²) in [4.78, 5) is 7.77. The van der Waals surface area contributed by atoms with Gasteiger partial charge in [0.1, 0.15) is 17.3 Å². The Balaban J connectivity index is 2.05. The van der Waals surface area contributed by atoms with E-state index in [4.69, 9.17) is 4.74 Å². The third kappa shape index (κ3) is 4.02. The number of benzene rings is 2. The highest BCUT2D eigenvalue weighted by Gasteiger charge is 2.33. The van der Waals surface area contributed by atoms with Crippen molar-refractivity contribution in [3.05, 3.63) is 60.3 Å². The lowest BCUT2D eigenvalue weighted by atomic mass is 10.2. The number of phenolic OH excluding ortho intramolecular Hbond substituents is 1. The number of halogens is 3. The molecule has 0 aliphatic carbocycles. The molecule has 0 saturated carbocycles. The van der Waals surface area contributed by atoms with Crippen molar-refractivity contribution in [2.75, 3.05) is 12.4 Å². The minimum atomic E-state index is -4.63. The SMILES string of the molecule is COc1cc(O)cc(Nc2cc(C(F)(F)F)nc(-c3ccccc3)n2)c1. The molecule has 26 heavy (non-hydrogen) atoms. The molecule has 5 nitrogen and oxygen atoms in total. The van der Waals surface area contributed by atoms with Crippen LogP contribution in [0.3, 0.4) is 0 Å². The van der Waals surface area contributed by atoms with Crippen molar-refractivity contribution in [2.45, 2.75) is 6.18 Å². The van der Waals surface area contributed by atoms with E-state index in [-0.39, 0.29) is 17.4 Å². The molecule has 0 unspecified atom stereocenters. The van der Waals surface area contributed by atoms with Gasteiger partial charge in [0.25, 0.3) is 0 Å². The molecule has 0 fully saturated rings. The second kappa shape index (κ2) is 6.91. The van der Waals surface area contributed by atoms with Crippen LogP contribution in [-0.2, 0) is 6.18 Å². The highest BCUT2D eigenvalue weighted by molar-refractivity contribution is 5.64. The molecule has 0 aliphatic heterocycles. The first-order chi connectivity index (χ1) is 12.3. The summed E-state index contributed by atoms with van der Waals surface area (Å²) >= 11 is 0. The molecule has 2 N–H and O–H groups in total. The zero-order valence-electron chi connectivity index (χ0n) is 13.6. The van der Waals surface area contributed by atoms with Gasteiger partial charge in [0.2, 0.25) is 0 Å². The normalized spacial score (nSPS) is 11.2. The van der Waals surface area contributed by atoms with Crippen molar-refractivity contribution in [3.8, 4) is 22.9 Å². The lowest BCUT2D eigenvalue weighted by Crippen LogP contribution is -2.11. The van der Waals surface area contributed by atoms with E-state index >= 15 is 0 Å². The molecule has 8 heteroatoms. The maximum atomic E-state index is 13.2. The maximum absolute atomic E-state index is 13.2. The van der Waals surface area contributed by atoms with Gasteiger partial charge in [-0.1, -0.05) is 30.3 Å². The predicted molar refractivity (Wildman–Crippen MR) is 90.4 cm³/mol. The molecule has 3 rings (SSSR count). The van der Waals surface area contributed by atoms with Crippen LogP contribution >= 0.6 is 0 Å². The van der Waals surface area contributed by atoms with E-state index in [0.29, 0.717) is 17.0 Å². The summed E-state index contributed by atoms with van der Waals surface area (Å²) in [6.07, 6.45) is -4.63. The minimum absolute atomic E-state index is 0.0566. The fraction of sp³-hybridized carbons (Fsp3) is 0.111. The van der Waals surface area contributed by atoms with Crippen LogP contribution in [0.25, 0.3) is 11.4 Å². The number of hydrogen-bond donors (Lipinski definition) is 2. The number of aromatic nitrogens is 2. The molecular formula is C18H14F3N3O2. The molecular weight excluding hydrogens is 347 g/mol. The average Bonchev–Trinajstić information content (AvgIpc) is 2.61. The van der Waals surface area contributed by atoms with Crippen LogP contribution in [0, 0.1) is 0 Å². The van der Waals surface area contributed by atoms with Gasteiger partial charge in [-0.05, 0) is 0 Å². The Bertz CT molecular complexity index is 915. The Hall–Kier alpha value is -3.29. The number of methoxy groups -OCH3 is 1. The number of ether oxygens (including phenoxy) is 1. The van der Waals surface area contributed by atoms with E-state index in [0.717, 1.165) is 6.07 Å². The number of nitrogens with zero attached hydrogens (tertiary/aromatic N) is 2. The van der Waals surface area contributed by atoms with Crippen LogP contribution in [0.1, 0.15) is 5.69 Å². The average molecular weight is 361 g/mol. The lowest BCUT2D eigenvalue weighted by molar-refractivity contribution is -0.141. The number of phenols is 1. The molecule has 0 atom stereocenters. The van der Waals surface area contributed by atoms with Crippen LogP contribution in [0.2, 0.25) is 0 Å². The Morgan fingerprint density at radius 2 is 1.73 bits per heavy atom. The quantitative estimate of drug-likeness (QED) is 0.710. The van der Waals surface area contributed by atoms with E-state index < -0.39 is 11.9 Å². The fourth-order valence-electron chi connectivity index (χ4n) is 2.29. The minimum Gasteiger partial charge on any atom is -0.508 e. The van der Waals surface area contributed by atoms with Crippen molar-refractivity contribution < 1.29 is 23.0 Å². The van der Waals surface area contributed by atoms with Crippen LogP contribution < -0.4 is 10.1 Å². The number of aromatic hydroxyl groups is 1. The Labute approximate surface area is 147 Å². The third-order valence-electron chi connectivity index (χ3n) is 3.45. The molecule has 3 aromatic rings. The van der Waals surface area contributed by atoms with Gasteiger partial charge in [-0.15, -0.1) is 0 Å². The van der Waals surface area contributed by atoms with Gasteiger partial charge in [-0.3, -0.25) is 0 Å². The van der Waals surface area contributed by atoms with Crippen LogP contribution in [0.5, 0.6) is 11.5 Å². The van der Waals surface area contributed by atoms with Crippen molar-refractivity contribution >= 4 is 11.5 Å². The van der Waals surface area contributed by atoms with Gasteiger partial charge in [0, 0.05) is 35.5 Å². The molecule has 0 saturated heterocycles. The van der Waals surface area contributed by atoms with E-state index in [9.17, 15) is 18.3 Å². The van der Waals surface area contributed by atoms with E-state index in [1.165, 1.54) is 25.3 Å². The van der Waals surface area contributed by atoms with Gasteiger partial charge < -0.3 is 15.2 Å². The van der Waals surface area contributed by atoms with Crippen LogP contribution in [-0.4, -0.2) is 22.2 Å². The number of nitrogens with one attached hydrogen (secondary N) is 1. The molecule has 0 radical (unpaired) electrons. The predicted octanol–water partition coefficient (Wildman–Crippen LogP) is 4.62. The Kier molecular flexibility index (Phi) is 4.66. The molecule has 0 bridgehead atoms. The largest absolute Gasteiger partial charge is 0.508 e. The molecule has 0 amide bonds. The third-order valence-corrected chi connectivity index (χ3v) is 3.45. The summed E-state index contributed by atoms with van der Waals surface area (Å²) < 4.78 is 44.7. The topological polar surface area (TPSA) is 67.3 Å². The summed E-state index contributed by atoms with van der Waals surface area (Å²) in [5.41, 5.74) is -0.288. The highest BCUT2D eigenvalue weighted by atomic mass is 19.4. The fourth-order valence-corrected chi connectivity index (χ4v) is 2.29. The number of hydrogen-bond acceptors (Lipinski definition) is 5. The van der Waals surface area contributed by atoms with Gasteiger partial charge in [0.15, 0.2) is 11.5 Å². The van der Waals surface area contributed by atoms with Crippen molar-refractivity contribution in [3.63, 3.8) is 0 Å². The molecule has 1 heterocycles. The second-order valence-electron chi connectivity index (χ2n) is 5.37. The first kappa shape index (κ1) is 17.5. The van der Waals surface area contributed by atoms with Crippen molar-refractivity contribution in [1.82, 2.24) is 9.97 Å². The monoisotopic (exact) mass is 361 g/mol. The number of anilines is 2. The molecule has 0 spiro atoms. The summed E-state index contributed by atoms with van der Waals surface area (Å²) in [7, 11) is 1.42. The Morgan fingerprint density at radius 3 is 2.38 bits per heavy atom. The number of rotatable bonds is 4. The summed E-state index contributed by atoms with van der Waals surface area (Å²) in [5, 5.41) is 12.4. The van der Waals surface area contributed by atoms with Gasteiger partial charge in [-0.25, -0.2) is 9.97 Å². The van der Waals surface area contributed by atoms with Gasteiger partial charge in [-0.2, -0.15) is 13.2 Å². The maximum Gasteiger partial charge on any atom is 0.433 e. The van der Waals surface area contributed by atoms with Crippen LogP contribution in [0.15, 0.2) is 54.6 Å². The summed E-state index contributed by atoms with van der Waals surface area (Å²) in [6.45, 7) is 0. The molecule has 2 aromatic carbocycles. The first-order valence-corrected chi connectivity index (χ1v) is 7.52. The zero-order valence-corrected chi connectivity index (χ0v) is 13.6. The van der Waals surface area contributed by atoms with Crippen LogP contribution in [0.4, 0.5) is 24.7 Å². The van der Waals surface area contributed by atoms with E-state index in [1.807, 2.05) is 0 Å². The smallest absolute Gasteiger partial charge is 0.433 e. The Morgan fingerprint density at radius 1 is 1.00 bits per heavy atom. The second-order valence-corrected chi connectivity index (χ2v) is 5.37. The van der Waals surface area contributed by atoms with Crippen molar-refractivity contribution in [2.24, 2.45) is 0 Å². The number of alkyl halides is 3. The molecule has 134 valence electrons. The van der Waals surface area contributed by atoms with E-state index in [1.54, 1.807) is 30.3 Å². The summed E-state index contributed by atoms with van der Waals surface area (Å²) in [6, 6.07) is 13.4. The van der Waals surface area contributed by atoms with Gasteiger partial charge in [0.05, 0.1) is 7.11 Å². The van der Waals surface area contributed by atoms with Crippen molar-refractivity contribution in [1.29, 1.82) is 0 Å².